The summed E-state index contributed by atoms with van der Waals surface area (Å²) in [6.45, 7) is 10.2. The van der Waals surface area contributed by atoms with Crippen LogP contribution >= 0.6 is 0 Å². The fourth-order valence-corrected chi connectivity index (χ4v) is 3.50. The molecular weight excluding hydrogens is 364 g/mol. The van der Waals surface area contributed by atoms with Gasteiger partial charge in [0.1, 0.15) is 0 Å². The number of benzene rings is 1. The van der Waals surface area contributed by atoms with Crippen molar-refractivity contribution in [2.45, 2.75) is 27.3 Å². The molecule has 7 nitrogen and oxygen atoms in total. The van der Waals surface area contributed by atoms with Crippen LogP contribution in [0.1, 0.15) is 18.1 Å². The first kappa shape index (κ1) is 18.6. The lowest BCUT2D eigenvalue weighted by Gasteiger charge is -2.20. The zero-order valence-electron chi connectivity index (χ0n) is 16.7. The van der Waals surface area contributed by atoms with E-state index in [1.54, 1.807) is 26.5 Å². The van der Waals surface area contributed by atoms with E-state index in [9.17, 15) is 4.79 Å². The molecule has 7 heteroatoms. The molecule has 0 saturated heterocycles. The first-order valence-electron chi connectivity index (χ1n) is 9.42. The molecule has 1 aromatic carbocycles. The summed E-state index contributed by atoms with van der Waals surface area (Å²) in [5.41, 5.74) is 4.98. The number of fused-ring (bicyclic) bond motifs is 1. The minimum atomic E-state index is -0.104. The lowest BCUT2D eigenvalue weighted by Crippen LogP contribution is -2.23. The van der Waals surface area contributed by atoms with Crippen LogP contribution in [0.3, 0.4) is 0 Å². The number of rotatable bonds is 5. The molecule has 0 fully saturated rings. The summed E-state index contributed by atoms with van der Waals surface area (Å²) in [6, 6.07) is 13.4. The number of hydrogen-bond donors (Lipinski definition) is 0. The van der Waals surface area contributed by atoms with E-state index in [0.717, 1.165) is 28.0 Å². The van der Waals surface area contributed by atoms with E-state index in [4.69, 9.17) is 0 Å². The summed E-state index contributed by atoms with van der Waals surface area (Å²) < 4.78 is 3.37. The van der Waals surface area contributed by atoms with E-state index in [0.29, 0.717) is 18.0 Å². The van der Waals surface area contributed by atoms with Crippen molar-refractivity contribution in [1.29, 1.82) is 0 Å². The second-order valence-corrected chi connectivity index (χ2v) is 6.83. The smallest absolute Gasteiger partial charge is 0.290 e. The van der Waals surface area contributed by atoms with Gasteiger partial charge in [-0.1, -0.05) is 6.07 Å². The van der Waals surface area contributed by atoms with Gasteiger partial charge in [-0.2, -0.15) is 5.10 Å². The largest absolute Gasteiger partial charge is 0.334 e. The number of aryl methyl sites for hydroxylation is 3. The number of nitrogens with zero attached hydrogens (tertiary/aromatic N) is 6. The van der Waals surface area contributed by atoms with Gasteiger partial charge in [0.2, 0.25) is 0 Å². The summed E-state index contributed by atoms with van der Waals surface area (Å²) in [5.74, 6) is 0.683. The molecule has 0 aliphatic carbocycles. The van der Waals surface area contributed by atoms with Gasteiger partial charge >= 0.3 is 5.69 Å². The van der Waals surface area contributed by atoms with E-state index in [1.807, 2.05) is 63.2 Å². The van der Waals surface area contributed by atoms with Gasteiger partial charge in [0.25, 0.3) is 0 Å². The van der Waals surface area contributed by atoms with E-state index >= 15 is 0 Å². The molecule has 0 aliphatic heterocycles. The Balaban J connectivity index is 1.84. The van der Waals surface area contributed by atoms with E-state index < -0.39 is 0 Å². The molecule has 0 atom stereocenters. The summed E-state index contributed by atoms with van der Waals surface area (Å²) >= 11 is 0. The quantitative estimate of drug-likeness (QED) is 0.384. The Bertz CT molecular complexity index is 1250. The number of pyridine rings is 2. The van der Waals surface area contributed by atoms with E-state index in [-0.39, 0.29) is 5.69 Å². The standard InChI is InChI=1S/C22H22N6O/c1-5-26-19-7-6-12-24-21(19)27(22(26)29)17-9-10-18(16(3)13-17)28(23-4)20-11-8-15(2)14-25-20/h6-14H,4-5H2,1-3H3. The molecule has 0 unspecified atom stereocenters. The Kier molecular flexibility index (Phi) is 4.72. The highest BCUT2D eigenvalue weighted by molar-refractivity contribution is 5.74. The summed E-state index contributed by atoms with van der Waals surface area (Å²) in [7, 11) is 0. The molecule has 0 N–H and O–H groups in total. The molecule has 4 aromatic rings. The molecule has 0 aliphatic rings. The number of anilines is 2. The average molecular weight is 386 g/mol. The molecule has 0 spiro atoms. The van der Waals surface area contributed by atoms with Crippen LogP contribution in [0.4, 0.5) is 11.5 Å². The van der Waals surface area contributed by atoms with Crippen molar-refractivity contribution in [1.82, 2.24) is 19.1 Å². The second-order valence-electron chi connectivity index (χ2n) is 6.83. The molecular formula is C22H22N6O. The average Bonchev–Trinajstić information content (AvgIpc) is 3.02. The molecule has 0 radical (unpaired) electrons. The summed E-state index contributed by atoms with van der Waals surface area (Å²) in [6.07, 6.45) is 3.49. The van der Waals surface area contributed by atoms with Gasteiger partial charge in [0.05, 0.1) is 16.9 Å². The fourth-order valence-electron chi connectivity index (χ4n) is 3.50. The van der Waals surface area contributed by atoms with Gasteiger partial charge in [-0.05, 0) is 68.3 Å². The third-order valence-corrected chi connectivity index (χ3v) is 4.93. The van der Waals surface area contributed by atoms with Crippen LogP contribution in [0.25, 0.3) is 16.9 Å². The SMILES string of the molecule is C=NN(c1ccc(C)cn1)c1ccc(-n2c(=O)n(CC)c3cccnc32)cc1C. The lowest BCUT2D eigenvalue weighted by molar-refractivity contribution is 0.734. The molecule has 29 heavy (non-hydrogen) atoms. The highest BCUT2D eigenvalue weighted by Crippen LogP contribution is 2.29. The normalized spacial score (nSPS) is 11.0. The lowest BCUT2D eigenvalue weighted by atomic mass is 10.1. The van der Waals surface area contributed by atoms with Gasteiger partial charge in [0.15, 0.2) is 11.5 Å². The monoisotopic (exact) mass is 386 g/mol. The first-order valence-corrected chi connectivity index (χ1v) is 9.42. The summed E-state index contributed by atoms with van der Waals surface area (Å²) in [5, 5.41) is 5.83. The third-order valence-electron chi connectivity index (χ3n) is 4.93. The predicted molar refractivity (Wildman–Crippen MR) is 116 cm³/mol. The van der Waals surface area contributed by atoms with Crippen molar-refractivity contribution in [3.63, 3.8) is 0 Å². The van der Waals surface area contributed by atoms with Gasteiger partial charge < -0.3 is 0 Å². The Morgan fingerprint density at radius 3 is 2.62 bits per heavy atom. The zero-order chi connectivity index (χ0) is 20.5. The minimum Gasteiger partial charge on any atom is -0.290 e. The van der Waals surface area contributed by atoms with Gasteiger partial charge in [-0.3, -0.25) is 4.57 Å². The Hall–Kier alpha value is -3.74. The van der Waals surface area contributed by atoms with Gasteiger partial charge in [-0.25, -0.2) is 24.3 Å². The number of hydrazone groups is 1. The maximum Gasteiger partial charge on any atom is 0.334 e. The molecule has 0 bridgehead atoms. The molecule has 3 heterocycles. The van der Waals surface area contributed by atoms with Crippen LogP contribution < -0.4 is 10.7 Å². The van der Waals surface area contributed by atoms with Gasteiger partial charge in [0, 0.05) is 25.7 Å². The van der Waals surface area contributed by atoms with Crippen molar-refractivity contribution in [3.05, 3.63) is 76.5 Å². The van der Waals surface area contributed by atoms with E-state index in [2.05, 4.69) is 21.8 Å². The van der Waals surface area contributed by atoms with Crippen molar-refractivity contribution in [2.24, 2.45) is 5.10 Å². The minimum absolute atomic E-state index is 0.104. The zero-order valence-corrected chi connectivity index (χ0v) is 16.7. The van der Waals surface area contributed by atoms with Crippen molar-refractivity contribution in [3.8, 4) is 5.69 Å². The molecule has 0 saturated carbocycles. The topological polar surface area (TPSA) is 68.3 Å². The maximum atomic E-state index is 13.0. The Morgan fingerprint density at radius 2 is 1.97 bits per heavy atom. The maximum absolute atomic E-state index is 13.0. The number of aromatic nitrogens is 4. The van der Waals surface area contributed by atoms with Crippen molar-refractivity contribution in [2.75, 3.05) is 5.01 Å². The predicted octanol–water partition coefficient (Wildman–Crippen LogP) is 3.97. The number of imidazole rings is 1. The van der Waals surface area contributed by atoms with Crippen LogP contribution in [-0.2, 0) is 6.54 Å². The van der Waals surface area contributed by atoms with Crippen molar-refractivity contribution >= 4 is 29.4 Å². The van der Waals surface area contributed by atoms with Crippen LogP contribution in [0, 0.1) is 13.8 Å². The molecule has 146 valence electrons. The second kappa shape index (κ2) is 7.35. The molecule has 3 aromatic heterocycles. The Labute approximate surface area is 168 Å². The highest BCUT2D eigenvalue weighted by atomic mass is 16.1. The van der Waals surface area contributed by atoms with Crippen molar-refractivity contribution < 1.29 is 0 Å². The van der Waals surface area contributed by atoms with Crippen LogP contribution in [0.15, 0.2) is 64.8 Å². The molecule has 4 rings (SSSR count). The first-order chi connectivity index (χ1) is 14.0. The third kappa shape index (κ3) is 3.10. The fraction of sp³-hybridized carbons (Fsp3) is 0.182. The summed E-state index contributed by atoms with van der Waals surface area (Å²) in [4.78, 5) is 21.9. The van der Waals surface area contributed by atoms with E-state index in [1.165, 1.54) is 0 Å². The van der Waals surface area contributed by atoms with Crippen LogP contribution in [0.5, 0.6) is 0 Å². The van der Waals surface area contributed by atoms with Crippen LogP contribution in [0.2, 0.25) is 0 Å². The number of hydrogen-bond acceptors (Lipinski definition) is 5. The Morgan fingerprint density at radius 1 is 1.14 bits per heavy atom. The highest BCUT2D eigenvalue weighted by Gasteiger charge is 2.17. The van der Waals surface area contributed by atoms with Crippen LogP contribution in [-0.4, -0.2) is 25.8 Å². The van der Waals surface area contributed by atoms with Gasteiger partial charge in [-0.15, -0.1) is 0 Å². The molecule has 0 amide bonds.